The van der Waals surface area contributed by atoms with Crippen molar-refractivity contribution in [3.05, 3.63) is 0 Å². The van der Waals surface area contributed by atoms with Gasteiger partial charge in [0.05, 0.1) is 13.2 Å². The van der Waals surface area contributed by atoms with Crippen LogP contribution in [0.25, 0.3) is 0 Å². The fraction of sp³-hybridized carbons (Fsp3) is 0.833. The Balaban J connectivity index is 0. The molecule has 1 amide bonds. The molecule has 0 aromatic carbocycles. The minimum absolute atomic E-state index is 0.292. The largest absolute Gasteiger partial charge is 0.378 e. The molecule has 0 bridgehead atoms. The fourth-order valence-electron chi connectivity index (χ4n) is 1.30. The Hall–Kier alpha value is -0.900. The predicted octanol–water partition coefficient (Wildman–Crippen LogP) is 1.88. The molecule has 0 radical (unpaired) electrons. The molecule has 0 saturated carbocycles. The van der Waals surface area contributed by atoms with E-state index in [1.807, 2.05) is 25.5 Å². The highest BCUT2D eigenvalue weighted by Crippen LogP contribution is 2.03. The van der Waals surface area contributed by atoms with Crippen molar-refractivity contribution in [3.63, 3.8) is 0 Å². The fourth-order valence-corrected chi connectivity index (χ4v) is 1.30. The molecule has 16 heavy (non-hydrogen) atoms. The Morgan fingerprint density at radius 1 is 1.25 bits per heavy atom. The van der Waals surface area contributed by atoms with E-state index in [9.17, 15) is 4.79 Å². The van der Waals surface area contributed by atoms with Crippen molar-refractivity contribution in [2.24, 2.45) is 0 Å². The molecule has 0 atom stereocenters. The van der Waals surface area contributed by atoms with Crippen molar-refractivity contribution >= 4 is 12.7 Å². The molecule has 1 saturated heterocycles. The van der Waals surface area contributed by atoms with Gasteiger partial charge in [-0.1, -0.05) is 27.2 Å². The number of nitrogens with zero attached hydrogens (tertiary/aromatic N) is 1. The van der Waals surface area contributed by atoms with Crippen LogP contribution >= 0.6 is 0 Å². The molecular formula is C12H25NO3. The minimum atomic E-state index is 0.292. The number of ether oxygens (including phenoxy) is 1. The van der Waals surface area contributed by atoms with E-state index in [1.165, 1.54) is 0 Å². The number of unbranched alkanes of at least 4 members (excludes halogenated alkanes) is 1. The number of rotatable bonds is 3. The second kappa shape index (κ2) is 14.1. The maximum absolute atomic E-state index is 11.4. The lowest BCUT2D eigenvalue weighted by atomic mass is 10.2. The van der Waals surface area contributed by atoms with Crippen LogP contribution in [0.15, 0.2) is 0 Å². The van der Waals surface area contributed by atoms with Gasteiger partial charge < -0.3 is 14.4 Å². The van der Waals surface area contributed by atoms with Crippen molar-refractivity contribution in [1.82, 2.24) is 4.90 Å². The number of carbonyl (C=O) groups excluding carboxylic acids is 2. The van der Waals surface area contributed by atoms with Crippen LogP contribution in [-0.2, 0) is 14.3 Å². The first kappa shape index (κ1) is 17.5. The lowest BCUT2D eigenvalue weighted by Crippen LogP contribution is -2.40. The predicted molar refractivity (Wildman–Crippen MR) is 65.4 cm³/mol. The normalized spacial score (nSPS) is 14.1. The zero-order chi connectivity index (χ0) is 12.8. The summed E-state index contributed by atoms with van der Waals surface area (Å²) in [4.78, 5) is 21.3. The minimum Gasteiger partial charge on any atom is -0.378 e. The maximum Gasteiger partial charge on any atom is 0.222 e. The first-order chi connectivity index (χ1) is 7.84. The van der Waals surface area contributed by atoms with Crippen LogP contribution in [0.3, 0.4) is 0 Å². The molecule has 1 rings (SSSR count). The Morgan fingerprint density at radius 3 is 2.19 bits per heavy atom. The lowest BCUT2D eigenvalue weighted by molar-refractivity contribution is -0.135. The SMILES string of the molecule is C=O.CC.CCCCC(=O)N1CCOCC1. The van der Waals surface area contributed by atoms with Gasteiger partial charge in [-0.2, -0.15) is 0 Å². The monoisotopic (exact) mass is 231 g/mol. The number of hydrogen-bond donors (Lipinski definition) is 0. The Labute approximate surface area is 99.0 Å². The summed E-state index contributed by atoms with van der Waals surface area (Å²) in [6.07, 6.45) is 2.81. The van der Waals surface area contributed by atoms with Gasteiger partial charge in [0.15, 0.2) is 0 Å². The zero-order valence-electron chi connectivity index (χ0n) is 10.8. The van der Waals surface area contributed by atoms with E-state index < -0.39 is 0 Å². The summed E-state index contributed by atoms with van der Waals surface area (Å²) in [5.74, 6) is 0.292. The van der Waals surface area contributed by atoms with E-state index in [0.29, 0.717) is 25.5 Å². The molecule has 4 nitrogen and oxygen atoms in total. The van der Waals surface area contributed by atoms with E-state index in [1.54, 1.807) is 0 Å². The number of morpholine rings is 1. The smallest absolute Gasteiger partial charge is 0.222 e. The molecule has 0 aromatic rings. The third-order valence-electron chi connectivity index (χ3n) is 2.11. The molecule has 0 aromatic heterocycles. The van der Waals surface area contributed by atoms with Gasteiger partial charge in [0.1, 0.15) is 6.79 Å². The van der Waals surface area contributed by atoms with Crippen molar-refractivity contribution in [2.45, 2.75) is 40.0 Å². The second-order valence-corrected chi connectivity index (χ2v) is 3.10. The van der Waals surface area contributed by atoms with Crippen molar-refractivity contribution in [3.8, 4) is 0 Å². The molecule has 1 heterocycles. The van der Waals surface area contributed by atoms with Gasteiger partial charge in [-0.3, -0.25) is 4.79 Å². The first-order valence-corrected chi connectivity index (χ1v) is 5.99. The number of amides is 1. The van der Waals surface area contributed by atoms with Gasteiger partial charge in [0.25, 0.3) is 0 Å². The molecule has 4 heteroatoms. The van der Waals surface area contributed by atoms with Gasteiger partial charge in [-0.05, 0) is 6.42 Å². The van der Waals surface area contributed by atoms with Crippen LogP contribution in [0.2, 0.25) is 0 Å². The topological polar surface area (TPSA) is 46.6 Å². The summed E-state index contributed by atoms with van der Waals surface area (Å²) in [5.41, 5.74) is 0. The summed E-state index contributed by atoms with van der Waals surface area (Å²) in [6, 6.07) is 0. The average Bonchev–Trinajstić information content (AvgIpc) is 2.41. The van der Waals surface area contributed by atoms with Crippen molar-refractivity contribution < 1.29 is 14.3 Å². The molecule has 1 aliphatic heterocycles. The average molecular weight is 231 g/mol. The zero-order valence-corrected chi connectivity index (χ0v) is 10.8. The van der Waals surface area contributed by atoms with E-state index in [0.717, 1.165) is 25.9 Å². The molecule has 96 valence electrons. The van der Waals surface area contributed by atoms with E-state index in [2.05, 4.69) is 6.92 Å². The standard InChI is InChI=1S/C9H17NO2.C2H6.CH2O/c1-2-3-4-9(11)10-5-7-12-8-6-10;2*1-2/h2-8H2,1H3;1-2H3;1H2. The lowest BCUT2D eigenvalue weighted by Gasteiger charge is -2.26. The highest BCUT2D eigenvalue weighted by atomic mass is 16.5. The molecule has 0 unspecified atom stereocenters. The third kappa shape index (κ3) is 8.41. The summed E-state index contributed by atoms with van der Waals surface area (Å²) < 4.78 is 5.16. The van der Waals surface area contributed by atoms with Crippen molar-refractivity contribution in [1.29, 1.82) is 0 Å². The molecule has 1 fully saturated rings. The second-order valence-electron chi connectivity index (χ2n) is 3.10. The van der Waals surface area contributed by atoms with E-state index in [-0.39, 0.29) is 0 Å². The summed E-state index contributed by atoms with van der Waals surface area (Å²) in [5, 5.41) is 0. The highest BCUT2D eigenvalue weighted by Gasteiger charge is 2.15. The Kier molecular flexibility index (Phi) is 15.4. The maximum atomic E-state index is 11.4. The quantitative estimate of drug-likeness (QED) is 0.745. The van der Waals surface area contributed by atoms with Crippen molar-refractivity contribution in [2.75, 3.05) is 26.3 Å². The number of hydrogen-bond acceptors (Lipinski definition) is 3. The van der Waals surface area contributed by atoms with Crippen LogP contribution in [0.5, 0.6) is 0 Å². The third-order valence-corrected chi connectivity index (χ3v) is 2.11. The molecule has 0 N–H and O–H groups in total. The molecular weight excluding hydrogens is 206 g/mol. The summed E-state index contributed by atoms with van der Waals surface area (Å²) >= 11 is 0. The number of carbonyl (C=O) groups is 2. The van der Waals surface area contributed by atoms with Gasteiger partial charge in [-0.25, -0.2) is 0 Å². The summed E-state index contributed by atoms with van der Waals surface area (Å²) in [6.45, 7) is 11.1. The van der Waals surface area contributed by atoms with Gasteiger partial charge in [0, 0.05) is 19.5 Å². The highest BCUT2D eigenvalue weighted by molar-refractivity contribution is 5.76. The van der Waals surface area contributed by atoms with Crippen LogP contribution in [0, 0.1) is 0 Å². The molecule has 0 spiro atoms. The van der Waals surface area contributed by atoms with Crippen LogP contribution < -0.4 is 0 Å². The van der Waals surface area contributed by atoms with Gasteiger partial charge >= 0.3 is 0 Å². The van der Waals surface area contributed by atoms with Crippen LogP contribution in [0.1, 0.15) is 40.0 Å². The summed E-state index contributed by atoms with van der Waals surface area (Å²) in [7, 11) is 0. The van der Waals surface area contributed by atoms with E-state index >= 15 is 0 Å². The van der Waals surface area contributed by atoms with Crippen LogP contribution in [-0.4, -0.2) is 43.9 Å². The van der Waals surface area contributed by atoms with Gasteiger partial charge in [0.2, 0.25) is 5.91 Å². The Bertz CT molecular complexity index is 156. The van der Waals surface area contributed by atoms with E-state index in [4.69, 9.17) is 9.53 Å². The van der Waals surface area contributed by atoms with Crippen LogP contribution in [0.4, 0.5) is 0 Å². The Morgan fingerprint density at radius 2 is 1.75 bits per heavy atom. The molecule has 0 aliphatic carbocycles. The first-order valence-electron chi connectivity index (χ1n) is 5.99. The van der Waals surface area contributed by atoms with Gasteiger partial charge in [-0.15, -0.1) is 0 Å². The molecule has 1 aliphatic rings.